The van der Waals surface area contributed by atoms with Gasteiger partial charge in [0.1, 0.15) is 5.82 Å². The minimum atomic E-state index is -0.138. The van der Waals surface area contributed by atoms with Gasteiger partial charge in [0, 0.05) is 44.1 Å². The summed E-state index contributed by atoms with van der Waals surface area (Å²) in [6.45, 7) is 2.15. The lowest BCUT2D eigenvalue weighted by Crippen LogP contribution is -2.37. The van der Waals surface area contributed by atoms with Gasteiger partial charge >= 0.3 is 0 Å². The average molecular weight is 252 g/mol. The largest absolute Gasteiger partial charge is 0.381 e. The first-order chi connectivity index (χ1) is 8.74. The summed E-state index contributed by atoms with van der Waals surface area (Å²) in [6, 6.07) is 5.73. The quantitative estimate of drug-likeness (QED) is 0.888. The Morgan fingerprint density at radius 1 is 1.39 bits per heavy atom. The third-order valence-electron chi connectivity index (χ3n) is 3.57. The topological polar surface area (TPSA) is 24.5 Å². The van der Waals surface area contributed by atoms with E-state index >= 15 is 0 Å². The molecule has 1 aromatic rings. The summed E-state index contributed by atoms with van der Waals surface area (Å²) in [4.78, 5) is 2.19. The van der Waals surface area contributed by atoms with Crippen molar-refractivity contribution in [2.75, 3.05) is 32.2 Å². The molecule has 4 heteroatoms. The van der Waals surface area contributed by atoms with E-state index in [0.29, 0.717) is 12.6 Å². The molecule has 0 atom stereocenters. The highest BCUT2D eigenvalue weighted by molar-refractivity contribution is 5.54. The number of benzene rings is 1. The molecule has 100 valence electrons. The highest BCUT2D eigenvalue weighted by atomic mass is 19.1. The van der Waals surface area contributed by atoms with Crippen molar-refractivity contribution in [2.24, 2.45) is 0 Å². The predicted octanol–water partition coefficient (Wildman–Crippen LogP) is 2.16. The fourth-order valence-corrected chi connectivity index (χ4v) is 2.50. The molecule has 0 bridgehead atoms. The number of halogens is 1. The van der Waals surface area contributed by atoms with Gasteiger partial charge in [-0.25, -0.2) is 4.39 Å². The summed E-state index contributed by atoms with van der Waals surface area (Å²) in [5.74, 6) is -0.138. The minimum Gasteiger partial charge on any atom is -0.381 e. The van der Waals surface area contributed by atoms with E-state index in [0.717, 1.165) is 37.3 Å². The predicted molar refractivity (Wildman–Crippen MR) is 71.4 cm³/mol. The molecule has 1 fully saturated rings. The molecule has 0 amide bonds. The molecule has 1 N–H and O–H groups in total. The molecule has 0 aliphatic carbocycles. The van der Waals surface area contributed by atoms with Crippen molar-refractivity contribution >= 4 is 5.69 Å². The SMILES string of the molecule is CNCc1c(F)cccc1N(C)C1CCOCC1. The van der Waals surface area contributed by atoms with E-state index < -0.39 is 0 Å². The van der Waals surface area contributed by atoms with Crippen molar-refractivity contribution in [3.8, 4) is 0 Å². The van der Waals surface area contributed by atoms with Gasteiger partial charge in [-0.2, -0.15) is 0 Å². The summed E-state index contributed by atoms with van der Waals surface area (Å²) < 4.78 is 19.2. The van der Waals surface area contributed by atoms with Crippen molar-refractivity contribution < 1.29 is 9.13 Å². The first-order valence-electron chi connectivity index (χ1n) is 6.46. The molecule has 0 spiro atoms. The number of hydrogen-bond donors (Lipinski definition) is 1. The van der Waals surface area contributed by atoms with Gasteiger partial charge in [0.2, 0.25) is 0 Å². The normalized spacial score (nSPS) is 16.8. The van der Waals surface area contributed by atoms with Gasteiger partial charge in [-0.1, -0.05) is 6.07 Å². The van der Waals surface area contributed by atoms with Gasteiger partial charge in [0.15, 0.2) is 0 Å². The zero-order valence-electron chi connectivity index (χ0n) is 11.1. The summed E-state index contributed by atoms with van der Waals surface area (Å²) in [5, 5.41) is 3.03. The van der Waals surface area contributed by atoms with Crippen LogP contribution < -0.4 is 10.2 Å². The van der Waals surface area contributed by atoms with E-state index in [2.05, 4.69) is 10.2 Å². The van der Waals surface area contributed by atoms with Crippen LogP contribution in [0.3, 0.4) is 0 Å². The lowest BCUT2D eigenvalue weighted by atomic mass is 10.0. The van der Waals surface area contributed by atoms with Gasteiger partial charge in [0.25, 0.3) is 0 Å². The fraction of sp³-hybridized carbons (Fsp3) is 0.571. The molecule has 18 heavy (non-hydrogen) atoms. The third kappa shape index (κ3) is 2.82. The zero-order valence-corrected chi connectivity index (χ0v) is 11.1. The number of nitrogens with one attached hydrogen (secondary N) is 1. The van der Waals surface area contributed by atoms with Gasteiger partial charge in [-0.3, -0.25) is 0 Å². The maximum atomic E-state index is 13.9. The summed E-state index contributed by atoms with van der Waals surface area (Å²) >= 11 is 0. The van der Waals surface area contributed by atoms with Crippen LogP contribution in [0.4, 0.5) is 10.1 Å². The van der Waals surface area contributed by atoms with Crippen LogP contribution in [0.25, 0.3) is 0 Å². The Bertz CT molecular complexity index is 391. The van der Waals surface area contributed by atoms with E-state index in [1.54, 1.807) is 6.07 Å². The molecule has 0 saturated carbocycles. The van der Waals surface area contributed by atoms with Crippen LogP contribution in [0.1, 0.15) is 18.4 Å². The molecule has 1 heterocycles. The Balaban J connectivity index is 2.22. The Hall–Kier alpha value is -1.13. The van der Waals surface area contributed by atoms with Crippen LogP contribution in [0.15, 0.2) is 18.2 Å². The number of hydrogen-bond acceptors (Lipinski definition) is 3. The third-order valence-corrected chi connectivity index (χ3v) is 3.57. The van der Waals surface area contributed by atoms with Crippen molar-refractivity contribution in [1.29, 1.82) is 0 Å². The molecule has 0 unspecified atom stereocenters. The molecule has 1 aliphatic rings. The van der Waals surface area contributed by atoms with Gasteiger partial charge < -0.3 is 15.0 Å². The lowest BCUT2D eigenvalue weighted by Gasteiger charge is -2.34. The second-order valence-electron chi connectivity index (χ2n) is 4.72. The standard InChI is InChI=1S/C14H21FN2O/c1-16-10-12-13(15)4-3-5-14(12)17(2)11-6-8-18-9-7-11/h3-5,11,16H,6-10H2,1-2H3. The maximum absolute atomic E-state index is 13.9. The van der Waals surface area contributed by atoms with E-state index in [4.69, 9.17) is 4.74 Å². The highest BCUT2D eigenvalue weighted by Crippen LogP contribution is 2.26. The summed E-state index contributed by atoms with van der Waals surface area (Å²) in [5.41, 5.74) is 1.73. The van der Waals surface area contributed by atoms with Crippen molar-refractivity contribution in [2.45, 2.75) is 25.4 Å². The van der Waals surface area contributed by atoms with E-state index in [1.807, 2.05) is 20.2 Å². The lowest BCUT2D eigenvalue weighted by molar-refractivity contribution is 0.0854. The maximum Gasteiger partial charge on any atom is 0.129 e. The fourth-order valence-electron chi connectivity index (χ4n) is 2.50. The van der Waals surface area contributed by atoms with Gasteiger partial charge in [0.05, 0.1) is 0 Å². The first kappa shape index (κ1) is 13.3. The van der Waals surface area contributed by atoms with Crippen LogP contribution in [-0.2, 0) is 11.3 Å². The number of rotatable bonds is 4. The summed E-state index contributed by atoms with van der Waals surface area (Å²) in [6.07, 6.45) is 2.01. The van der Waals surface area contributed by atoms with Crippen LogP contribution >= 0.6 is 0 Å². The van der Waals surface area contributed by atoms with Crippen LogP contribution in [-0.4, -0.2) is 33.4 Å². The molecule has 0 radical (unpaired) electrons. The zero-order chi connectivity index (χ0) is 13.0. The second kappa shape index (κ2) is 6.16. The monoisotopic (exact) mass is 252 g/mol. The molecule has 2 rings (SSSR count). The Morgan fingerprint density at radius 3 is 2.78 bits per heavy atom. The molecule has 3 nitrogen and oxygen atoms in total. The minimum absolute atomic E-state index is 0.138. The Kier molecular flexibility index (Phi) is 4.55. The molecule has 1 aliphatic heterocycles. The van der Waals surface area contributed by atoms with Crippen LogP contribution in [0.5, 0.6) is 0 Å². The van der Waals surface area contributed by atoms with Crippen molar-refractivity contribution in [3.63, 3.8) is 0 Å². The van der Waals surface area contributed by atoms with E-state index in [9.17, 15) is 4.39 Å². The molecule has 1 aromatic carbocycles. The number of nitrogens with zero attached hydrogens (tertiary/aromatic N) is 1. The van der Waals surface area contributed by atoms with E-state index in [-0.39, 0.29) is 5.82 Å². The highest BCUT2D eigenvalue weighted by Gasteiger charge is 2.21. The Labute approximate surface area is 108 Å². The average Bonchev–Trinajstić information content (AvgIpc) is 2.41. The van der Waals surface area contributed by atoms with E-state index in [1.165, 1.54) is 6.07 Å². The van der Waals surface area contributed by atoms with Gasteiger partial charge in [-0.05, 0) is 32.0 Å². The molecule has 0 aromatic heterocycles. The van der Waals surface area contributed by atoms with Crippen LogP contribution in [0.2, 0.25) is 0 Å². The van der Waals surface area contributed by atoms with Crippen molar-refractivity contribution in [1.82, 2.24) is 5.32 Å². The summed E-state index contributed by atoms with van der Waals surface area (Å²) in [7, 11) is 3.88. The molecule has 1 saturated heterocycles. The number of ether oxygens (including phenoxy) is 1. The molecular weight excluding hydrogens is 231 g/mol. The molecular formula is C14H21FN2O. The smallest absolute Gasteiger partial charge is 0.129 e. The van der Waals surface area contributed by atoms with Gasteiger partial charge in [-0.15, -0.1) is 0 Å². The first-order valence-corrected chi connectivity index (χ1v) is 6.46. The van der Waals surface area contributed by atoms with Crippen molar-refractivity contribution in [3.05, 3.63) is 29.6 Å². The second-order valence-corrected chi connectivity index (χ2v) is 4.72. The van der Waals surface area contributed by atoms with Crippen LogP contribution in [0, 0.1) is 5.82 Å². The number of anilines is 1. The Morgan fingerprint density at radius 2 is 2.11 bits per heavy atom.